The molecule has 0 saturated heterocycles. The minimum atomic E-state index is 0.228. The summed E-state index contributed by atoms with van der Waals surface area (Å²) in [6.07, 6.45) is 0. The minimum absolute atomic E-state index is 0.228. The third-order valence-corrected chi connectivity index (χ3v) is 3.15. The summed E-state index contributed by atoms with van der Waals surface area (Å²) in [5.41, 5.74) is 3.34. The van der Waals surface area contributed by atoms with Crippen LogP contribution in [0.15, 0.2) is 42.5 Å². The maximum atomic E-state index is 10.1. The van der Waals surface area contributed by atoms with E-state index in [4.69, 9.17) is 4.74 Å². The molecule has 3 nitrogen and oxygen atoms in total. The van der Waals surface area contributed by atoms with E-state index >= 15 is 0 Å². The first-order valence-electron chi connectivity index (χ1n) is 6.90. The van der Waals surface area contributed by atoms with Crippen LogP contribution in [0.5, 0.6) is 11.5 Å². The van der Waals surface area contributed by atoms with Gasteiger partial charge >= 0.3 is 0 Å². The van der Waals surface area contributed by atoms with Gasteiger partial charge in [0.1, 0.15) is 0 Å². The maximum absolute atomic E-state index is 10.1. The molecule has 0 aromatic heterocycles. The van der Waals surface area contributed by atoms with Crippen LogP contribution in [0.25, 0.3) is 0 Å². The fraction of sp³-hybridized carbons (Fsp3) is 0.294. The van der Waals surface area contributed by atoms with Crippen LogP contribution >= 0.6 is 0 Å². The molecule has 0 radical (unpaired) electrons. The van der Waals surface area contributed by atoms with Gasteiger partial charge in [0.2, 0.25) is 0 Å². The van der Waals surface area contributed by atoms with E-state index in [-0.39, 0.29) is 5.75 Å². The van der Waals surface area contributed by atoms with Gasteiger partial charge in [0.05, 0.1) is 6.61 Å². The van der Waals surface area contributed by atoms with E-state index in [9.17, 15) is 5.11 Å². The van der Waals surface area contributed by atoms with Crippen LogP contribution < -0.4 is 10.1 Å². The Morgan fingerprint density at radius 2 is 1.80 bits per heavy atom. The number of aryl methyl sites for hydroxylation is 1. The average Bonchev–Trinajstić information content (AvgIpc) is 2.45. The van der Waals surface area contributed by atoms with Crippen molar-refractivity contribution in [2.24, 2.45) is 0 Å². The van der Waals surface area contributed by atoms with Gasteiger partial charge in [-0.05, 0) is 25.5 Å². The van der Waals surface area contributed by atoms with Gasteiger partial charge in [-0.15, -0.1) is 0 Å². The Balaban J connectivity index is 1.94. The van der Waals surface area contributed by atoms with Gasteiger partial charge in [-0.1, -0.05) is 42.0 Å². The first-order valence-corrected chi connectivity index (χ1v) is 6.90. The Bertz CT molecular complexity index is 549. The molecule has 0 aliphatic carbocycles. The summed E-state index contributed by atoms with van der Waals surface area (Å²) in [6.45, 7) is 5.92. The van der Waals surface area contributed by atoms with Crippen molar-refractivity contribution in [2.45, 2.75) is 26.9 Å². The molecule has 0 amide bonds. The first kappa shape index (κ1) is 14.4. The van der Waals surface area contributed by atoms with Crippen molar-refractivity contribution in [1.29, 1.82) is 0 Å². The SMILES string of the molecule is CCOc1cccc(CNCc2ccc(C)cc2)c1O. The highest BCUT2D eigenvalue weighted by Crippen LogP contribution is 2.29. The fourth-order valence-corrected chi connectivity index (χ4v) is 2.03. The second-order valence-electron chi connectivity index (χ2n) is 4.79. The lowest BCUT2D eigenvalue weighted by molar-refractivity contribution is 0.316. The molecule has 0 spiro atoms. The van der Waals surface area contributed by atoms with Gasteiger partial charge in [0.25, 0.3) is 0 Å². The van der Waals surface area contributed by atoms with Crippen LogP contribution in [0.4, 0.5) is 0 Å². The van der Waals surface area contributed by atoms with Crippen molar-refractivity contribution < 1.29 is 9.84 Å². The second-order valence-corrected chi connectivity index (χ2v) is 4.79. The average molecular weight is 271 g/mol. The number of nitrogens with one attached hydrogen (secondary N) is 1. The maximum Gasteiger partial charge on any atom is 0.162 e. The normalized spacial score (nSPS) is 10.5. The Kier molecular flexibility index (Phi) is 5.02. The number of para-hydroxylation sites is 1. The van der Waals surface area contributed by atoms with Crippen LogP contribution in [0.3, 0.4) is 0 Å². The summed E-state index contributed by atoms with van der Waals surface area (Å²) in [5.74, 6) is 0.771. The summed E-state index contributed by atoms with van der Waals surface area (Å²) in [5, 5.41) is 13.4. The molecule has 20 heavy (non-hydrogen) atoms. The van der Waals surface area contributed by atoms with E-state index in [1.54, 1.807) is 6.07 Å². The molecule has 0 bridgehead atoms. The van der Waals surface area contributed by atoms with Crippen LogP contribution in [0.1, 0.15) is 23.6 Å². The molecule has 2 N–H and O–H groups in total. The van der Waals surface area contributed by atoms with Crippen LogP contribution in [-0.4, -0.2) is 11.7 Å². The monoisotopic (exact) mass is 271 g/mol. The quantitative estimate of drug-likeness (QED) is 0.846. The summed E-state index contributed by atoms with van der Waals surface area (Å²) in [7, 11) is 0. The molecule has 3 heteroatoms. The molecule has 106 valence electrons. The van der Waals surface area contributed by atoms with E-state index < -0.39 is 0 Å². The first-order chi connectivity index (χ1) is 9.70. The Morgan fingerprint density at radius 3 is 2.50 bits per heavy atom. The lowest BCUT2D eigenvalue weighted by atomic mass is 10.1. The molecule has 0 atom stereocenters. The summed E-state index contributed by atoms with van der Waals surface area (Å²) in [4.78, 5) is 0. The second kappa shape index (κ2) is 6.96. The lowest BCUT2D eigenvalue weighted by Gasteiger charge is -2.11. The van der Waals surface area contributed by atoms with E-state index in [0.717, 1.165) is 12.1 Å². The summed E-state index contributed by atoms with van der Waals surface area (Å²) >= 11 is 0. The number of benzene rings is 2. The van der Waals surface area contributed by atoms with Crippen molar-refractivity contribution in [1.82, 2.24) is 5.32 Å². The molecule has 0 aliphatic rings. The molecular formula is C17H21NO2. The van der Waals surface area contributed by atoms with E-state index in [1.807, 2.05) is 19.1 Å². The smallest absolute Gasteiger partial charge is 0.162 e. The van der Waals surface area contributed by atoms with Crippen LogP contribution in [0, 0.1) is 6.92 Å². The van der Waals surface area contributed by atoms with Crippen molar-refractivity contribution in [3.05, 3.63) is 59.2 Å². The highest BCUT2D eigenvalue weighted by molar-refractivity contribution is 5.45. The number of rotatable bonds is 6. The number of phenols is 1. The van der Waals surface area contributed by atoms with Crippen LogP contribution in [-0.2, 0) is 13.1 Å². The molecule has 2 aromatic carbocycles. The zero-order valence-electron chi connectivity index (χ0n) is 12.0. The standard InChI is InChI=1S/C17H21NO2/c1-3-20-16-6-4-5-15(17(16)19)12-18-11-14-9-7-13(2)8-10-14/h4-10,18-19H,3,11-12H2,1-2H3. The summed E-state index contributed by atoms with van der Waals surface area (Å²) in [6, 6.07) is 14.0. The number of hydrogen-bond donors (Lipinski definition) is 2. The third-order valence-electron chi connectivity index (χ3n) is 3.15. The van der Waals surface area contributed by atoms with E-state index in [1.165, 1.54) is 11.1 Å². The number of phenolic OH excluding ortho intramolecular Hbond substituents is 1. The molecule has 0 aliphatic heterocycles. The van der Waals surface area contributed by atoms with Crippen molar-refractivity contribution in [2.75, 3.05) is 6.61 Å². The third kappa shape index (κ3) is 3.75. The molecule has 2 rings (SSSR count). The topological polar surface area (TPSA) is 41.5 Å². The predicted molar refractivity (Wildman–Crippen MR) is 81.0 cm³/mol. The molecule has 0 fully saturated rings. The van der Waals surface area contributed by atoms with Gasteiger partial charge in [-0.25, -0.2) is 0 Å². The Hall–Kier alpha value is -2.00. The zero-order valence-corrected chi connectivity index (χ0v) is 12.0. The van der Waals surface area contributed by atoms with Crippen molar-refractivity contribution in [3.8, 4) is 11.5 Å². The van der Waals surface area contributed by atoms with Gasteiger partial charge in [-0.3, -0.25) is 0 Å². The molecule has 0 heterocycles. The van der Waals surface area contributed by atoms with E-state index in [2.05, 4.69) is 36.5 Å². The van der Waals surface area contributed by atoms with Gasteiger partial charge in [0.15, 0.2) is 11.5 Å². The molecule has 0 saturated carbocycles. The lowest BCUT2D eigenvalue weighted by Crippen LogP contribution is -2.12. The van der Waals surface area contributed by atoms with Gasteiger partial charge < -0.3 is 15.2 Å². The predicted octanol–water partition coefficient (Wildman–Crippen LogP) is 3.39. The number of hydrogen-bond acceptors (Lipinski definition) is 3. The highest BCUT2D eigenvalue weighted by atomic mass is 16.5. The van der Waals surface area contributed by atoms with Gasteiger partial charge in [-0.2, -0.15) is 0 Å². The van der Waals surface area contributed by atoms with Crippen LogP contribution in [0.2, 0.25) is 0 Å². The Morgan fingerprint density at radius 1 is 1.05 bits per heavy atom. The van der Waals surface area contributed by atoms with E-state index in [0.29, 0.717) is 18.9 Å². The minimum Gasteiger partial charge on any atom is -0.504 e. The summed E-state index contributed by atoms with van der Waals surface area (Å²) < 4.78 is 5.38. The molecule has 2 aromatic rings. The molecule has 0 unspecified atom stereocenters. The Labute approximate surface area is 120 Å². The largest absolute Gasteiger partial charge is 0.504 e. The molecular weight excluding hydrogens is 250 g/mol. The van der Waals surface area contributed by atoms with Crippen molar-refractivity contribution >= 4 is 0 Å². The highest BCUT2D eigenvalue weighted by Gasteiger charge is 2.07. The fourth-order valence-electron chi connectivity index (χ4n) is 2.03. The van der Waals surface area contributed by atoms with Gasteiger partial charge in [0, 0.05) is 18.7 Å². The number of aromatic hydroxyl groups is 1. The number of ether oxygens (including phenoxy) is 1. The van der Waals surface area contributed by atoms with Crippen molar-refractivity contribution in [3.63, 3.8) is 0 Å². The zero-order chi connectivity index (χ0) is 14.4.